The molecule has 31 heavy (non-hydrogen) atoms. The van der Waals surface area contributed by atoms with Crippen LogP contribution in [0.15, 0.2) is 36.5 Å². The molecule has 2 aliphatic rings. The highest BCUT2D eigenvalue weighted by molar-refractivity contribution is 6.30. The van der Waals surface area contributed by atoms with Crippen LogP contribution in [0.5, 0.6) is 0 Å². The molecule has 164 valence electrons. The Morgan fingerprint density at radius 2 is 1.81 bits per heavy atom. The minimum atomic E-state index is -4.51. The number of rotatable bonds is 3. The van der Waals surface area contributed by atoms with Crippen LogP contribution in [0.25, 0.3) is 0 Å². The SMILES string of the molecule is O=C1CN(c2ncc(Cl)cc2F)C(=O)C2(CC(F)C2)N1Cc1ccc(C(F)(F)F)cc1. The molecule has 1 saturated heterocycles. The molecule has 2 amide bonds. The van der Waals surface area contributed by atoms with Crippen molar-refractivity contribution in [1.29, 1.82) is 0 Å². The van der Waals surface area contributed by atoms with E-state index in [0.717, 1.165) is 29.3 Å². The number of benzene rings is 1. The second kappa shape index (κ2) is 7.44. The fourth-order valence-corrected chi connectivity index (χ4v) is 4.11. The van der Waals surface area contributed by atoms with E-state index in [1.807, 2.05) is 0 Å². The molecule has 0 atom stereocenters. The van der Waals surface area contributed by atoms with E-state index in [1.54, 1.807) is 0 Å². The molecule has 0 N–H and O–H groups in total. The average molecular weight is 460 g/mol. The molecule has 0 unspecified atom stereocenters. The number of pyridine rings is 1. The van der Waals surface area contributed by atoms with Crippen molar-refractivity contribution >= 4 is 29.2 Å². The van der Waals surface area contributed by atoms with Crippen molar-refractivity contribution in [2.75, 3.05) is 11.4 Å². The summed E-state index contributed by atoms with van der Waals surface area (Å²) in [4.78, 5) is 31.9. The first-order chi connectivity index (χ1) is 14.5. The van der Waals surface area contributed by atoms with Gasteiger partial charge in [0.1, 0.15) is 18.3 Å². The summed E-state index contributed by atoms with van der Waals surface area (Å²) in [7, 11) is 0. The second-order valence-corrected chi connectivity index (χ2v) is 8.00. The molecule has 5 nitrogen and oxygen atoms in total. The predicted octanol–water partition coefficient (Wildman–Crippen LogP) is 4.14. The summed E-state index contributed by atoms with van der Waals surface area (Å²) < 4.78 is 66.5. The summed E-state index contributed by atoms with van der Waals surface area (Å²) in [6.07, 6.45) is -5.30. The summed E-state index contributed by atoms with van der Waals surface area (Å²) in [6.45, 7) is -0.719. The third kappa shape index (κ3) is 3.73. The normalized spacial score (nSPS) is 24.0. The number of halogens is 6. The summed E-state index contributed by atoms with van der Waals surface area (Å²) in [5.74, 6) is -2.58. The minimum Gasteiger partial charge on any atom is -0.322 e. The van der Waals surface area contributed by atoms with E-state index in [0.29, 0.717) is 5.56 Å². The number of carbonyl (C=O) groups is 2. The molecule has 1 aliphatic carbocycles. The quantitative estimate of drug-likeness (QED) is 0.648. The average Bonchev–Trinajstić information content (AvgIpc) is 2.66. The van der Waals surface area contributed by atoms with Crippen LogP contribution in [-0.4, -0.2) is 40.0 Å². The third-order valence-corrected chi connectivity index (χ3v) is 5.75. The standard InChI is InChI=1S/C20H15ClF5N3O2/c21-13-5-15(23)17(27-8-13)28-10-16(30)29(19(18(28)31)6-14(22)7-19)9-11-1-3-12(4-2-11)20(24,25)26/h1-5,8,14H,6-7,9-10H2. The van der Waals surface area contributed by atoms with Gasteiger partial charge in [-0.1, -0.05) is 23.7 Å². The van der Waals surface area contributed by atoms with Gasteiger partial charge in [-0.15, -0.1) is 0 Å². The molecular formula is C20H15ClF5N3O2. The van der Waals surface area contributed by atoms with Gasteiger partial charge >= 0.3 is 6.18 Å². The Balaban J connectivity index is 1.64. The number of alkyl halides is 4. The molecule has 4 rings (SSSR count). The van der Waals surface area contributed by atoms with Crippen LogP contribution < -0.4 is 4.90 Å². The molecule has 2 aromatic rings. The van der Waals surface area contributed by atoms with Crippen LogP contribution in [-0.2, 0) is 22.3 Å². The van der Waals surface area contributed by atoms with Crippen molar-refractivity contribution in [1.82, 2.24) is 9.88 Å². The molecule has 0 radical (unpaired) electrons. The van der Waals surface area contributed by atoms with Gasteiger partial charge in [0, 0.05) is 25.6 Å². The number of hydrogen-bond acceptors (Lipinski definition) is 3. The molecule has 1 saturated carbocycles. The van der Waals surface area contributed by atoms with Crippen molar-refractivity contribution in [2.45, 2.75) is 37.3 Å². The number of amides is 2. The van der Waals surface area contributed by atoms with E-state index in [9.17, 15) is 31.5 Å². The van der Waals surface area contributed by atoms with Crippen molar-refractivity contribution in [3.8, 4) is 0 Å². The zero-order valence-electron chi connectivity index (χ0n) is 15.8. The highest BCUT2D eigenvalue weighted by Gasteiger charge is 2.60. The first-order valence-corrected chi connectivity index (χ1v) is 9.63. The lowest BCUT2D eigenvalue weighted by molar-refractivity contribution is -0.163. The molecule has 1 aliphatic heterocycles. The van der Waals surface area contributed by atoms with Crippen LogP contribution in [0.2, 0.25) is 5.02 Å². The first kappa shape index (κ1) is 21.5. The zero-order valence-corrected chi connectivity index (χ0v) is 16.6. The number of carbonyl (C=O) groups excluding carboxylic acids is 2. The van der Waals surface area contributed by atoms with Crippen LogP contribution in [0.1, 0.15) is 24.0 Å². The summed E-state index contributed by atoms with van der Waals surface area (Å²) in [5, 5.41) is 0.00291. The van der Waals surface area contributed by atoms with Crippen molar-refractivity contribution in [2.24, 2.45) is 0 Å². The summed E-state index contributed by atoms with van der Waals surface area (Å²) >= 11 is 5.69. The Labute approximate surface area is 178 Å². The molecule has 0 bridgehead atoms. The van der Waals surface area contributed by atoms with Crippen LogP contribution in [0, 0.1) is 5.82 Å². The number of piperazine rings is 1. The number of anilines is 1. The predicted molar refractivity (Wildman–Crippen MR) is 100 cm³/mol. The van der Waals surface area contributed by atoms with E-state index in [2.05, 4.69) is 4.98 Å². The monoisotopic (exact) mass is 459 g/mol. The Bertz CT molecular complexity index is 1040. The molecule has 1 spiro atoms. The van der Waals surface area contributed by atoms with Crippen LogP contribution >= 0.6 is 11.6 Å². The van der Waals surface area contributed by atoms with E-state index in [4.69, 9.17) is 11.6 Å². The number of aromatic nitrogens is 1. The minimum absolute atomic E-state index is 0.00291. The summed E-state index contributed by atoms with van der Waals surface area (Å²) in [5.41, 5.74) is -2.06. The molecule has 1 aromatic heterocycles. The van der Waals surface area contributed by atoms with Gasteiger partial charge in [-0.05, 0) is 23.8 Å². The highest BCUT2D eigenvalue weighted by atomic mass is 35.5. The van der Waals surface area contributed by atoms with E-state index in [1.165, 1.54) is 17.0 Å². The lowest BCUT2D eigenvalue weighted by Crippen LogP contribution is -2.73. The molecule has 2 fully saturated rings. The van der Waals surface area contributed by atoms with E-state index < -0.39 is 53.4 Å². The van der Waals surface area contributed by atoms with Crippen LogP contribution in [0.3, 0.4) is 0 Å². The van der Waals surface area contributed by atoms with Gasteiger partial charge in [-0.2, -0.15) is 13.2 Å². The number of nitrogens with zero attached hydrogens (tertiary/aromatic N) is 3. The Morgan fingerprint density at radius 3 is 2.35 bits per heavy atom. The lowest BCUT2D eigenvalue weighted by atomic mass is 9.71. The molecule has 11 heteroatoms. The maximum Gasteiger partial charge on any atom is 0.416 e. The first-order valence-electron chi connectivity index (χ1n) is 9.25. The molecule has 2 heterocycles. The van der Waals surface area contributed by atoms with Gasteiger partial charge in [0.25, 0.3) is 5.91 Å². The van der Waals surface area contributed by atoms with Gasteiger partial charge in [-0.3, -0.25) is 14.5 Å². The van der Waals surface area contributed by atoms with Crippen LogP contribution in [0.4, 0.5) is 27.8 Å². The topological polar surface area (TPSA) is 53.5 Å². The molecular weight excluding hydrogens is 445 g/mol. The van der Waals surface area contributed by atoms with E-state index >= 15 is 0 Å². The van der Waals surface area contributed by atoms with Crippen molar-refractivity contribution in [3.05, 3.63) is 58.5 Å². The Kier molecular flexibility index (Phi) is 5.15. The van der Waals surface area contributed by atoms with Gasteiger partial charge in [0.15, 0.2) is 11.6 Å². The maximum absolute atomic E-state index is 14.3. The number of hydrogen-bond donors (Lipinski definition) is 0. The van der Waals surface area contributed by atoms with Gasteiger partial charge in [0.05, 0.1) is 10.6 Å². The Hall–Kier alpha value is -2.75. The smallest absolute Gasteiger partial charge is 0.322 e. The fraction of sp³-hybridized carbons (Fsp3) is 0.350. The fourth-order valence-electron chi connectivity index (χ4n) is 3.96. The van der Waals surface area contributed by atoms with Crippen molar-refractivity contribution in [3.63, 3.8) is 0 Å². The third-order valence-electron chi connectivity index (χ3n) is 5.54. The van der Waals surface area contributed by atoms with Gasteiger partial charge in [-0.25, -0.2) is 13.8 Å². The van der Waals surface area contributed by atoms with Crippen molar-refractivity contribution < 1.29 is 31.5 Å². The van der Waals surface area contributed by atoms with E-state index in [-0.39, 0.29) is 24.4 Å². The summed E-state index contributed by atoms with van der Waals surface area (Å²) in [6, 6.07) is 5.09. The zero-order chi connectivity index (χ0) is 22.6. The van der Waals surface area contributed by atoms with Gasteiger partial charge < -0.3 is 4.90 Å². The largest absolute Gasteiger partial charge is 0.416 e. The highest BCUT2D eigenvalue weighted by Crippen LogP contribution is 2.45. The Morgan fingerprint density at radius 1 is 1.16 bits per heavy atom. The van der Waals surface area contributed by atoms with Gasteiger partial charge in [0.2, 0.25) is 5.91 Å². The second-order valence-electron chi connectivity index (χ2n) is 7.56. The molecule has 1 aromatic carbocycles. The maximum atomic E-state index is 14.3. The lowest BCUT2D eigenvalue weighted by Gasteiger charge is -2.54.